The molecule has 0 fully saturated rings. The summed E-state index contributed by atoms with van der Waals surface area (Å²) in [4.78, 5) is 20.7. The van der Waals surface area contributed by atoms with Gasteiger partial charge in [0, 0.05) is 41.8 Å². The fraction of sp³-hybridized carbons (Fsp3) is 0.227. The Morgan fingerprint density at radius 1 is 1.19 bits per heavy atom. The highest BCUT2D eigenvalue weighted by atomic mass is 32.2. The fourth-order valence-corrected chi connectivity index (χ4v) is 4.23. The van der Waals surface area contributed by atoms with E-state index in [1.54, 1.807) is 69.7 Å². The van der Waals surface area contributed by atoms with Gasteiger partial charge in [-0.3, -0.25) is 19.5 Å². The second-order valence-electron chi connectivity index (χ2n) is 7.39. The molecule has 8 nitrogen and oxygen atoms in total. The first kappa shape index (κ1) is 22.4. The predicted molar refractivity (Wildman–Crippen MR) is 126 cm³/mol. The van der Waals surface area contributed by atoms with Gasteiger partial charge in [0.1, 0.15) is 7.05 Å². The number of anilines is 1. The average molecular weight is 441 g/mol. The van der Waals surface area contributed by atoms with Gasteiger partial charge in [-0.1, -0.05) is 12.1 Å². The summed E-state index contributed by atoms with van der Waals surface area (Å²) in [7, 11) is -0.492. The number of hydrogen-bond donors (Lipinski definition) is 3. The van der Waals surface area contributed by atoms with Gasteiger partial charge in [0.15, 0.2) is 11.6 Å². The first-order chi connectivity index (χ1) is 14.7. The summed E-state index contributed by atoms with van der Waals surface area (Å²) < 4.78 is 28.9. The number of rotatable bonds is 6. The van der Waals surface area contributed by atoms with Gasteiger partial charge < -0.3 is 5.73 Å². The van der Waals surface area contributed by atoms with Gasteiger partial charge in [-0.05, 0) is 43.5 Å². The van der Waals surface area contributed by atoms with Crippen LogP contribution in [0.25, 0.3) is 27.2 Å². The molecular formula is C22H26N5O3S+. The summed E-state index contributed by atoms with van der Waals surface area (Å²) in [6.45, 7) is 3.56. The van der Waals surface area contributed by atoms with Crippen LogP contribution in [0.15, 0.2) is 53.6 Å². The van der Waals surface area contributed by atoms with Crippen molar-refractivity contribution >= 4 is 49.4 Å². The van der Waals surface area contributed by atoms with Gasteiger partial charge in [-0.2, -0.15) is 12.7 Å². The first-order valence-electron chi connectivity index (χ1n) is 9.73. The molecule has 1 heterocycles. The third kappa shape index (κ3) is 4.57. The molecule has 3 rings (SSSR count). The number of fused-ring (bicyclic) bond motifs is 2. The number of hydrogen-bond acceptors (Lipinski definition) is 5. The van der Waals surface area contributed by atoms with E-state index in [4.69, 9.17) is 5.73 Å². The molecule has 0 atom stereocenters. The molecule has 0 aliphatic carbocycles. The summed E-state index contributed by atoms with van der Waals surface area (Å²) in [6.07, 6.45) is 4.80. The fourth-order valence-electron chi connectivity index (χ4n) is 3.11. The zero-order chi connectivity index (χ0) is 22.8. The number of nitrogens with one attached hydrogen (secondary N) is 2. The molecule has 0 aliphatic heterocycles. The van der Waals surface area contributed by atoms with E-state index in [2.05, 4.69) is 14.7 Å². The lowest BCUT2D eigenvalue weighted by Crippen LogP contribution is -2.63. The molecule has 0 aliphatic rings. The normalized spacial score (nSPS) is 13.0. The zero-order valence-corrected chi connectivity index (χ0v) is 18.7. The van der Waals surface area contributed by atoms with Gasteiger partial charge in [-0.25, -0.2) is 0 Å². The Kier molecular flexibility index (Phi) is 6.37. The Balaban J connectivity index is 2.20. The van der Waals surface area contributed by atoms with Crippen molar-refractivity contribution in [2.75, 3.05) is 18.8 Å². The van der Waals surface area contributed by atoms with Crippen molar-refractivity contribution in [2.24, 2.45) is 5.73 Å². The van der Waals surface area contributed by atoms with Crippen LogP contribution in [0, 0.1) is 0 Å². The molecule has 0 saturated carbocycles. The number of benzene rings is 1. The molecule has 0 bridgehead atoms. The lowest BCUT2D eigenvalue weighted by atomic mass is 10.1. The smallest absolute Gasteiger partial charge is 0.301 e. The number of allylic oxidation sites excluding steroid dienone is 1. The van der Waals surface area contributed by atoms with E-state index >= 15 is 0 Å². The monoisotopic (exact) mass is 440 g/mol. The summed E-state index contributed by atoms with van der Waals surface area (Å²) in [6, 6.07) is 9.99. The highest BCUT2D eigenvalue weighted by Gasteiger charge is 2.20. The molecule has 2 aromatic carbocycles. The highest BCUT2D eigenvalue weighted by Crippen LogP contribution is 2.21. The van der Waals surface area contributed by atoms with Gasteiger partial charge in [0.05, 0.1) is 16.8 Å². The summed E-state index contributed by atoms with van der Waals surface area (Å²) in [5.74, 6) is 0. The molecule has 4 N–H and O–H groups in total. The van der Waals surface area contributed by atoms with Crippen LogP contribution < -0.4 is 20.9 Å². The topological polar surface area (TPSA) is 119 Å². The van der Waals surface area contributed by atoms with E-state index in [1.807, 2.05) is 0 Å². The number of nitrogens with zero attached hydrogens (tertiary/aromatic N) is 2. The van der Waals surface area contributed by atoms with Crippen LogP contribution in [0.1, 0.15) is 19.4 Å². The number of aromatic nitrogens is 1. The minimum Gasteiger partial charge on any atom is -0.404 e. The maximum absolute atomic E-state index is 13.4. The maximum Gasteiger partial charge on any atom is 0.301 e. The van der Waals surface area contributed by atoms with Crippen LogP contribution in [-0.2, 0) is 10.2 Å². The van der Waals surface area contributed by atoms with E-state index in [-0.39, 0.29) is 11.5 Å². The third-order valence-electron chi connectivity index (χ3n) is 5.05. The van der Waals surface area contributed by atoms with E-state index in [1.165, 1.54) is 17.6 Å². The molecule has 0 radical (unpaired) electrons. The van der Waals surface area contributed by atoms with E-state index in [0.29, 0.717) is 38.5 Å². The Hall–Kier alpha value is -3.30. The van der Waals surface area contributed by atoms with Crippen LogP contribution in [0.4, 0.5) is 5.69 Å². The van der Waals surface area contributed by atoms with E-state index in [9.17, 15) is 13.2 Å². The number of pyridine rings is 1. The summed E-state index contributed by atoms with van der Waals surface area (Å²) >= 11 is 0. The molecule has 162 valence electrons. The van der Waals surface area contributed by atoms with Crippen molar-refractivity contribution in [3.8, 4) is 0 Å². The molecule has 0 unspecified atom stereocenters. The second kappa shape index (κ2) is 8.83. The van der Waals surface area contributed by atoms with Crippen LogP contribution in [0.2, 0.25) is 0 Å². The molecule has 0 spiro atoms. The van der Waals surface area contributed by atoms with Crippen molar-refractivity contribution in [3.05, 3.63) is 64.6 Å². The lowest BCUT2D eigenvalue weighted by molar-refractivity contribution is -0.412. The van der Waals surface area contributed by atoms with Crippen molar-refractivity contribution in [3.63, 3.8) is 0 Å². The minimum atomic E-state index is -3.74. The van der Waals surface area contributed by atoms with Crippen LogP contribution in [0.3, 0.4) is 0 Å². The van der Waals surface area contributed by atoms with Crippen molar-refractivity contribution in [1.29, 1.82) is 0 Å². The van der Waals surface area contributed by atoms with Gasteiger partial charge in [0.25, 0.3) is 0 Å². The quantitative estimate of drug-likeness (QED) is 0.491. The van der Waals surface area contributed by atoms with E-state index in [0.717, 1.165) is 0 Å². The highest BCUT2D eigenvalue weighted by molar-refractivity contribution is 7.90. The largest absolute Gasteiger partial charge is 0.404 e. The third-order valence-corrected chi connectivity index (χ3v) is 6.72. The predicted octanol–water partition coefficient (Wildman–Crippen LogP) is 0.826. The number of nitrogens with two attached hydrogens (primary N) is 1. The second-order valence-corrected chi connectivity index (χ2v) is 9.12. The Bertz CT molecular complexity index is 1360. The standard InChI is InChI=1S/C22H25N5O3S/c1-14(2)27(4)31(29,30)26-18-7-5-15-6-8-21-20(22(28)19(15)10-18)9-16(13-25-21)17(11-23)12-24-3/h5-14,26H,23H2,1-4H3/p+1. The van der Waals surface area contributed by atoms with Crippen molar-refractivity contribution < 1.29 is 13.4 Å². The molecule has 0 saturated heterocycles. The Morgan fingerprint density at radius 2 is 1.90 bits per heavy atom. The van der Waals surface area contributed by atoms with Crippen molar-refractivity contribution in [1.82, 2.24) is 9.29 Å². The molecule has 31 heavy (non-hydrogen) atoms. The first-order valence-corrected chi connectivity index (χ1v) is 11.2. The molecular weight excluding hydrogens is 414 g/mol. The van der Waals surface area contributed by atoms with Crippen LogP contribution >= 0.6 is 0 Å². The minimum absolute atomic E-state index is 0.210. The van der Waals surface area contributed by atoms with Crippen molar-refractivity contribution in [2.45, 2.75) is 19.9 Å². The Labute approximate surface area is 181 Å². The van der Waals surface area contributed by atoms with Crippen LogP contribution in [0.5, 0.6) is 0 Å². The molecule has 1 aromatic heterocycles. The lowest BCUT2D eigenvalue weighted by Gasteiger charge is -2.21. The molecule has 3 aromatic rings. The van der Waals surface area contributed by atoms with Gasteiger partial charge in [-0.15, -0.1) is 0 Å². The summed E-state index contributed by atoms with van der Waals surface area (Å²) in [5.41, 5.74) is 7.69. The van der Waals surface area contributed by atoms with E-state index < -0.39 is 10.2 Å². The zero-order valence-electron chi connectivity index (χ0n) is 17.9. The van der Waals surface area contributed by atoms with Crippen LogP contribution in [-0.4, -0.2) is 44.1 Å². The molecule has 0 amide bonds. The Morgan fingerprint density at radius 3 is 2.55 bits per heavy atom. The maximum atomic E-state index is 13.4. The van der Waals surface area contributed by atoms with Gasteiger partial charge in [0.2, 0.25) is 0 Å². The molecule has 9 heteroatoms. The average Bonchev–Trinajstić information content (AvgIpc) is 2.87. The SMILES string of the molecule is C[NH+]=CC(=CN)c1cnc2ccc3ccc(NS(=O)(=O)N(C)C(C)C)cc3c(=O)c2c1. The summed E-state index contributed by atoms with van der Waals surface area (Å²) in [5, 5.41) is 1.48. The van der Waals surface area contributed by atoms with Gasteiger partial charge >= 0.3 is 10.2 Å².